The number of esters is 1. The van der Waals surface area contributed by atoms with E-state index in [1.165, 1.54) is 0 Å². The average Bonchev–Trinajstić information content (AvgIpc) is 2.88. The van der Waals surface area contributed by atoms with Crippen LogP contribution < -0.4 is 5.32 Å². The number of amides is 3. The summed E-state index contributed by atoms with van der Waals surface area (Å²) in [6.45, 7) is 9.80. The second kappa shape index (κ2) is 7.40. The van der Waals surface area contributed by atoms with Crippen LogP contribution in [0.25, 0.3) is 0 Å². The predicted molar refractivity (Wildman–Crippen MR) is 89.3 cm³/mol. The largest absolute Gasteiger partial charge is 0.466 e. The van der Waals surface area contributed by atoms with Crippen LogP contribution in [0, 0.1) is 5.92 Å². The number of hydrogen-bond donors (Lipinski definition) is 1. The molecule has 0 aliphatic carbocycles. The minimum absolute atomic E-state index is 0.0776. The van der Waals surface area contributed by atoms with E-state index in [1.807, 2.05) is 25.7 Å². The predicted octanol–water partition coefficient (Wildman–Crippen LogP) is 1.37. The minimum atomic E-state index is -0.228. The van der Waals surface area contributed by atoms with Crippen LogP contribution in [0.2, 0.25) is 0 Å². The summed E-state index contributed by atoms with van der Waals surface area (Å²) in [6.07, 6.45) is 1.61. The summed E-state index contributed by atoms with van der Waals surface area (Å²) >= 11 is 0. The van der Waals surface area contributed by atoms with Gasteiger partial charge in [-0.1, -0.05) is 0 Å². The van der Waals surface area contributed by atoms with Crippen LogP contribution in [0.5, 0.6) is 0 Å². The number of rotatable bonds is 3. The van der Waals surface area contributed by atoms with E-state index in [0.717, 1.165) is 0 Å². The van der Waals surface area contributed by atoms with Crippen LogP contribution in [0.3, 0.4) is 0 Å². The van der Waals surface area contributed by atoms with Gasteiger partial charge in [0.2, 0.25) is 5.91 Å². The van der Waals surface area contributed by atoms with Gasteiger partial charge in [0.15, 0.2) is 0 Å². The number of nitrogens with one attached hydrogen (secondary N) is 1. The number of ether oxygens (including phenoxy) is 1. The zero-order valence-electron chi connectivity index (χ0n) is 15.1. The van der Waals surface area contributed by atoms with E-state index in [4.69, 9.17) is 4.74 Å². The zero-order chi connectivity index (χ0) is 17.9. The third-order valence-electron chi connectivity index (χ3n) is 4.66. The molecule has 1 unspecified atom stereocenters. The first-order chi connectivity index (χ1) is 11.2. The van der Waals surface area contributed by atoms with Crippen LogP contribution >= 0.6 is 0 Å². The smallest absolute Gasteiger partial charge is 0.317 e. The fourth-order valence-corrected chi connectivity index (χ4v) is 3.30. The Balaban J connectivity index is 1.80. The Bertz CT molecular complexity index is 493. The van der Waals surface area contributed by atoms with Crippen molar-refractivity contribution in [3.8, 4) is 0 Å². The Hall–Kier alpha value is -1.79. The molecule has 7 heteroatoms. The summed E-state index contributed by atoms with van der Waals surface area (Å²) in [5, 5.41) is 2.96. The standard InChI is InChI=1S/C17H29N3O4/c1-5-24-15(22)12-6-8-19(9-7-12)16(23)18-13-10-14(21)20(11-13)17(2,3)4/h12-13H,5-11H2,1-4H3,(H,18,23). The first-order valence-corrected chi connectivity index (χ1v) is 8.75. The Labute approximate surface area is 143 Å². The number of piperidine rings is 1. The Morgan fingerprint density at radius 2 is 1.88 bits per heavy atom. The SMILES string of the molecule is CCOC(=O)C1CCN(C(=O)NC2CC(=O)N(C(C)(C)C)C2)CC1. The molecule has 0 bridgehead atoms. The van der Waals surface area contributed by atoms with Gasteiger partial charge in [0.1, 0.15) is 0 Å². The molecule has 1 atom stereocenters. The first-order valence-electron chi connectivity index (χ1n) is 8.75. The van der Waals surface area contributed by atoms with Crippen LogP contribution in [0.15, 0.2) is 0 Å². The Morgan fingerprint density at radius 3 is 2.38 bits per heavy atom. The molecule has 2 rings (SSSR count). The summed E-state index contributed by atoms with van der Waals surface area (Å²) < 4.78 is 5.04. The summed E-state index contributed by atoms with van der Waals surface area (Å²) in [5.74, 6) is -0.202. The van der Waals surface area contributed by atoms with Crippen molar-refractivity contribution in [1.29, 1.82) is 0 Å². The number of nitrogens with zero attached hydrogens (tertiary/aromatic N) is 2. The van der Waals surface area contributed by atoms with E-state index < -0.39 is 0 Å². The summed E-state index contributed by atoms with van der Waals surface area (Å²) in [4.78, 5) is 39.7. The van der Waals surface area contributed by atoms with Crippen LogP contribution in [0.1, 0.15) is 47.0 Å². The van der Waals surface area contributed by atoms with Crippen LogP contribution in [-0.2, 0) is 14.3 Å². The third-order valence-corrected chi connectivity index (χ3v) is 4.66. The fourth-order valence-electron chi connectivity index (χ4n) is 3.30. The molecule has 0 radical (unpaired) electrons. The topological polar surface area (TPSA) is 79.0 Å². The maximum atomic E-state index is 12.4. The average molecular weight is 339 g/mol. The van der Waals surface area contributed by atoms with E-state index in [9.17, 15) is 14.4 Å². The van der Waals surface area contributed by atoms with Crippen molar-refractivity contribution in [2.75, 3.05) is 26.2 Å². The highest BCUT2D eigenvalue weighted by Crippen LogP contribution is 2.23. The molecule has 7 nitrogen and oxygen atoms in total. The Kier molecular flexibility index (Phi) is 5.72. The molecule has 24 heavy (non-hydrogen) atoms. The van der Waals surface area contributed by atoms with Crippen molar-refractivity contribution in [3.63, 3.8) is 0 Å². The highest BCUT2D eigenvalue weighted by atomic mass is 16.5. The molecular formula is C17H29N3O4. The minimum Gasteiger partial charge on any atom is -0.466 e. The summed E-state index contributed by atoms with van der Waals surface area (Å²) in [7, 11) is 0. The summed E-state index contributed by atoms with van der Waals surface area (Å²) in [5.41, 5.74) is -0.228. The van der Waals surface area contributed by atoms with E-state index in [-0.39, 0.29) is 35.4 Å². The highest BCUT2D eigenvalue weighted by Gasteiger charge is 2.37. The van der Waals surface area contributed by atoms with Gasteiger partial charge in [0.05, 0.1) is 18.6 Å². The maximum absolute atomic E-state index is 12.4. The van der Waals surface area contributed by atoms with Gasteiger partial charge in [-0.25, -0.2) is 4.79 Å². The number of urea groups is 1. The maximum Gasteiger partial charge on any atom is 0.317 e. The molecule has 2 aliphatic heterocycles. The molecule has 3 amide bonds. The quantitative estimate of drug-likeness (QED) is 0.788. The molecule has 2 saturated heterocycles. The molecular weight excluding hydrogens is 310 g/mol. The number of carbonyl (C=O) groups is 3. The lowest BCUT2D eigenvalue weighted by molar-refractivity contribution is -0.149. The van der Waals surface area contributed by atoms with E-state index >= 15 is 0 Å². The van der Waals surface area contributed by atoms with Gasteiger partial charge in [-0.3, -0.25) is 9.59 Å². The van der Waals surface area contributed by atoms with Gasteiger partial charge in [-0.05, 0) is 40.5 Å². The normalized spacial score (nSPS) is 22.7. The summed E-state index contributed by atoms with van der Waals surface area (Å²) in [6, 6.07) is -0.294. The van der Waals surface area contributed by atoms with Gasteiger partial charge in [0, 0.05) is 31.6 Å². The lowest BCUT2D eigenvalue weighted by Gasteiger charge is -2.33. The molecule has 2 aliphatic rings. The van der Waals surface area contributed by atoms with Gasteiger partial charge in [-0.2, -0.15) is 0 Å². The first kappa shape index (κ1) is 18.5. The molecule has 136 valence electrons. The zero-order valence-corrected chi connectivity index (χ0v) is 15.1. The van der Waals surface area contributed by atoms with Crippen LogP contribution in [0.4, 0.5) is 4.79 Å². The van der Waals surface area contributed by atoms with Crippen molar-refractivity contribution >= 4 is 17.9 Å². The van der Waals surface area contributed by atoms with Crippen molar-refractivity contribution in [3.05, 3.63) is 0 Å². The van der Waals surface area contributed by atoms with Gasteiger partial charge < -0.3 is 19.9 Å². The number of carbonyl (C=O) groups excluding carboxylic acids is 3. The molecule has 0 aromatic carbocycles. The molecule has 0 aromatic heterocycles. The van der Waals surface area contributed by atoms with Gasteiger partial charge in [0.25, 0.3) is 0 Å². The Morgan fingerprint density at radius 1 is 1.25 bits per heavy atom. The van der Waals surface area contributed by atoms with Crippen molar-refractivity contribution < 1.29 is 19.1 Å². The fraction of sp³-hybridized carbons (Fsp3) is 0.824. The van der Waals surface area contributed by atoms with Crippen molar-refractivity contribution in [2.45, 2.75) is 58.5 Å². The lowest BCUT2D eigenvalue weighted by atomic mass is 9.97. The molecule has 0 saturated carbocycles. The van der Waals surface area contributed by atoms with Crippen LogP contribution in [-0.4, -0.2) is 65.5 Å². The molecule has 0 spiro atoms. The monoisotopic (exact) mass is 339 g/mol. The highest BCUT2D eigenvalue weighted by molar-refractivity contribution is 5.82. The van der Waals surface area contributed by atoms with E-state index in [0.29, 0.717) is 45.5 Å². The van der Waals surface area contributed by atoms with E-state index in [1.54, 1.807) is 11.8 Å². The van der Waals surface area contributed by atoms with Crippen molar-refractivity contribution in [2.24, 2.45) is 5.92 Å². The molecule has 0 aromatic rings. The third kappa shape index (κ3) is 4.39. The van der Waals surface area contributed by atoms with Gasteiger partial charge >= 0.3 is 12.0 Å². The molecule has 2 heterocycles. The molecule has 2 fully saturated rings. The van der Waals surface area contributed by atoms with Crippen molar-refractivity contribution in [1.82, 2.24) is 15.1 Å². The second-order valence-corrected chi connectivity index (χ2v) is 7.54. The van der Waals surface area contributed by atoms with E-state index in [2.05, 4.69) is 5.32 Å². The van der Waals surface area contributed by atoms with Gasteiger partial charge in [-0.15, -0.1) is 0 Å². The number of hydrogen-bond acceptors (Lipinski definition) is 4. The lowest BCUT2D eigenvalue weighted by Crippen LogP contribution is -2.50. The molecule has 1 N–H and O–H groups in total. The second-order valence-electron chi connectivity index (χ2n) is 7.54. The number of likely N-dealkylation sites (tertiary alicyclic amines) is 2.